The Morgan fingerprint density at radius 1 is 1.48 bits per heavy atom. The normalized spacial score (nSPS) is 10.7. The van der Waals surface area contributed by atoms with Crippen LogP contribution in [0.1, 0.15) is 22.8 Å². The van der Waals surface area contributed by atoms with Gasteiger partial charge in [-0.05, 0) is 31.5 Å². The minimum atomic E-state index is -0.444. The highest BCUT2D eigenvalue weighted by Crippen LogP contribution is 2.30. The van der Waals surface area contributed by atoms with Crippen molar-refractivity contribution in [3.63, 3.8) is 0 Å². The third-order valence-corrected chi connectivity index (χ3v) is 3.46. The van der Waals surface area contributed by atoms with Gasteiger partial charge in [0.25, 0.3) is 0 Å². The van der Waals surface area contributed by atoms with Gasteiger partial charge in [-0.2, -0.15) is 0 Å². The number of anilines is 1. The summed E-state index contributed by atoms with van der Waals surface area (Å²) in [7, 11) is 0. The van der Waals surface area contributed by atoms with Crippen molar-refractivity contribution in [2.75, 3.05) is 25.1 Å². The van der Waals surface area contributed by atoms with Gasteiger partial charge in [0.2, 0.25) is 0 Å². The van der Waals surface area contributed by atoms with Crippen molar-refractivity contribution in [1.82, 2.24) is 4.98 Å². The molecule has 0 radical (unpaired) electrons. The molecule has 0 aliphatic heterocycles. The number of carbonyl (C=O) groups is 1. The first kappa shape index (κ1) is 15.5. The number of ether oxygens (including phenoxy) is 1. The largest absolute Gasteiger partial charge is 0.462 e. The molecule has 1 heterocycles. The quantitative estimate of drug-likeness (QED) is 0.831. The molecule has 5 nitrogen and oxygen atoms in total. The monoisotopic (exact) mass is 308 g/mol. The van der Waals surface area contributed by atoms with Crippen molar-refractivity contribution in [2.45, 2.75) is 13.8 Å². The summed E-state index contributed by atoms with van der Waals surface area (Å²) in [6, 6.07) is 3.62. The number of rotatable bonds is 5. The Kier molecular flexibility index (Phi) is 4.98. The predicted octanol–water partition coefficient (Wildman–Crippen LogP) is 2.78. The topological polar surface area (TPSA) is 71.5 Å². The maximum absolute atomic E-state index is 12.0. The SMILES string of the molecule is CCOC(=O)c1cnc2cc(Cl)c(C)cc2c1NCCO. The van der Waals surface area contributed by atoms with Crippen LogP contribution in [0, 0.1) is 6.92 Å². The molecular formula is C15H17ClN2O3. The molecule has 0 spiro atoms. The van der Waals surface area contributed by atoms with Crippen LogP contribution in [0.2, 0.25) is 5.02 Å². The number of fused-ring (bicyclic) bond motifs is 1. The van der Waals surface area contributed by atoms with Crippen LogP contribution in [0.5, 0.6) is 0 Å². The lowest BCUT2D eigenvalue weighted by molar-refractivity contribution is 0.0527. The molecule has 2 aromatic rings. The van der Waals surface area contributed by atoms with Crippen molar-refractivity contribution in [2.24, 2.45) is 0 Å². The fourth-order valence-corrected chi connectivity index (χ4v) is 2.21. The number of carbonyl (C=O) groups excluding carboxylic acids is 1. The number of aromatic nitrogens is 1. The maximum Gasteiger partial charge on any atom is 0.341 e. The van der Waals surface area contributed by atoms with Gasteiger partial charge >= 0.3 is 5.97 Å². The van der Waals surface area contributed by atoms with E-state index in [0.29, 0.717) is 28.3 Å². The third kappa shape index (κ3) is 3.25. The van der Waals surface area contributed by atoms with Crippen LogP contribution in [0.4, 0.5) is 5.69 Å². The number of nitrogens with zero attached hydrogens (tertiary/aromatic N) is 1. The summed E-state index contributed by atoms with van der Waals surface area (Å²) in [6.45, 7) is 4.20. The molecule has 0 atom stereocenters. The van der Waals surface area contributed by atoms with Crippen molar-refractivity contribution in [3.8, 4) is 0 Å². The average Bonchev–Trinajstić information content (AvgIpc) is 2.46. The van der Waals surface area contributed by atoms with Crippen LogP contribution in [0.15, 0.2) is 18.3 Å². The van der Waals surface area contributed by atoms with E-state index in [4.69, 9.17) is 21.4 Å². The first-order chi connectivity index (χ1) is 10.1. The Labute approximate surface area is 127 Å². The minimum absolute atomic E-state index is 0.0430. The number of aryl methyl sites for hydroxylation is 1. The van der Waals surface area contributed by atoms with Crippen molar-refractivity contribution in [3.05, 3.63) is 34.5 Å². The van der Waals surface area contributed by atoms with Gasteiger partial charge in [-0.25, -0.2) is 4.79 Å². The second-order valence-corrected chi connectivity index (χ2v) is 4.94. The number of aliphatic hydroxyl groups excluding tert-OH is 1. The van der Waals surface area contributed by atoms with Gasteiger partial charge in [0.15, 0.2) is 0 Å². The Bertz CT molecular complexity index is 674. The summed E-state index contributed by atoms with van der Waals surface area (Å²) in [4.78, 5) is 16.3. The lowest BCUT2D eigenvalue weighted by Crippen LogP contribution is -2.13. The van der Waals surface area contributed by atoms with Crippen LogP contribution in [-0.4, -0.2) is 35.8 Å². The van der Waals surface area contributed by atoms with Crippen LogP contribution in [0.25, 0.3) is 10.9 Å². The molecule has 0 fully saturated rings. The molecule has 0 saturated heterocycles. The van der Waals surface area contributed by atoms with Gasteiger partial charge in [-0.3, -0.25) is 4.98 Å². The highest BCUT2D eigenvalue weighted by atomic mass is 35.5. The number of aliphatic hydroxyl groups is 1. The van der Waals surface area contributed by atoms with E-state index in [9.17, 15) is 4.79 Å². The molecular weight excluding hydrogens is 292 g/mol. The average molecular weight is 309 g/mol. The number of hydrogen-bond acceptors (Lipinski definition) is 5. The van der Waals surface area contributed by atoms with E-state index in [1.165, 1.54) is 6.20 Å². The van der Waals surface area contributed by atoms with E-state index in [-0.39, 0.29) is 13.2 Å². The fourth-order valence-electron chi connectivity index (χ4n) is 2.06. The van der Waals surface area contributed by atoms with Crippen molar-refractivity contribution < 1.29 is 14.6 Å². The highest BCUT2D eigenvalue weighted by molar-refractivity contribution is 6.32. The van der Waals surface area contributed by atoms with E-state index in [0.717, 1.165) is 10.9 Å². The van der Waals surface area contributed by atoms with Crippen LogP contribution in [0.3, 0.4) is 0 Å². The van der Waals surface area contributed by atoms with E-state index >= 15 is 0 Å². The Morgan fingerprint density at radius 2 is 2.24 bits per heavy atom. The standard InChI is InChI=1S/C15H17ClN2O3/c1-3-21-15(20)11-8-18-13-7-12(16)9(2)6-10(13)14(11)17-4-5-19/h6-8,19H,3-5H2,1-2H3,(H,17,18). The van der Waals surface area contributed by atoms with Gasteiger partial charge in [0, 0.05) is 23.2 Å². The van der Waals surface area contributed by atoms with Crippen LogP contribution >= 0.6 is 11.6 Å². The predicted molar refractivity (Wildman–Crippen MR) is 83.0 cm³/mol. The summed E-state index contributed by atoms with van der Waals surface area (Å²) in [6.07, 6.45) is 1.46. The van der Waals surface area contributed by atoms with E-state index in [2.05, 4.69) is 10.3 Å². The zero-order chi connectivity index (χ0) is 15.4. The lowest BCUT2D eigenvalue weighted by Gasteiger charge is -2.14. The van der Waals surface area contributed by atoms with Gasteiger partial charge in [0.05, 0.1) is 24.4 Å². The molecule has 2 N–H and O–H groups in total. The molecule has 0 amide bonds. The molecule has 0 bridgehead atoms. The molecule has 2 rings (SSSR count). The number of nitrogens with one attached hydrogen (secondary N) is 1. The lowest BCUT2D eigenvalue weighted by atomic mass is 10.1. The Hall–Kier alpha value is -1.85. The van der Waals surface area contributed by atoms with Crippen LogP contribution in [-0.2, 0) is 4.74 Å². The number of pyridine rings is 1. The molecule has 21 heavy (non-hydrogen) atoms. The number of esters is 1. The van der Waals surface area contributed by atoms with E-state index in [1.807, 2.05) is 13.0 Å². The van der Waals surface area contributed by atoms with E-state index < -0.39 is 5.97 Å². The highest BCUT2D eigenvalue weighted by Gasteiger charge is 2.17. The molecule has 112 valence electrons. The smallest absolute Gasteiger partial charge is 0.341 e. The van der Waals surface area contributed by atoms with Crippen molar-refractivity contribution in [1.29, 1.82) is 0 Å². The van der Waals surface area contributed by atoms with Gasteiger partial charge in [0.1, 0.15) is 5.56 Å². The van der Waals surface area contributed by atoms with Gasteiger partial charge < -0.3 is 15.2 Å². The Balaban J connectivity index is 2.63. The number of halogens is 1. The van der Waals surface area contributed by atoms with E-state index in [1.54, 1.807) is 13.0 Å². The molecule has 0 saturated carbocycles. The molecule has 6 heteroatoms. The zero-order valence-corrected chi connectivity index (χ0v) is 12.7. The second kappa shape index (κ2) is 6.74. The van der Waals surface area contributed by atoms with Gasteiger partial charge in [-0.1, -0.05) is 11.6 Å². The summed E-state index contributed by atoms with van der Waals surface area (Å²) in [5.41, 5.74) is 2.52. The molecule has 1 aromatic carbocycles. The summed E-state index contributed by atoms with van der Waals surface area (Å²) >= 11 is 6.10. The molecule has 0 aliphatic rings. The third-order valence-electron chi connectivity index (χ3n) is 3.06. The second-order valence-electron chi connectivity index (χ2n) is 4.54. The number of benzene rings is 1. The van der Waals surface area contributed by atoms with Crippen molar-refractivity contribution >= 4 is 34.2 Å². The van der Waals surface area contributed by atoms with Crippen LogP contribution < -0.4 is 5.32 Å². The molecule has 0 unspecified atom stereocenters. The minimum Gasteiger partial charge on any atom is -0.462 e. The number of hydrogen-bond donors (Lipinski definition) is 2. The first-order valence-corrected chi connectivity index (χ1v) is 7.07. The molecule has 0 aliphatic carbocycles. The first-order valence-electron chi connectivity index (χ1n) is 6.69. The fraction of sp³-hybridized carbons (Fsp3) is 0.333. The summed E-state index contributed by atoms with van der Waals surface area (Å²) in [5, 5.41) is 13.5. The maximum atomic E-state index is 12.0. The molecule has 1 aromatic heterocycles. The summed E-state index contributed by atoms with van der Waals surface area (Å²) < 4.78 is 5.04. The van der Waals surface area contributed by atoms with Gasteiger partial charge in [-0.15, -0.1) is 0 Å². The zero-order valence-electron chi connectivity index (χ0n) is 11.9. The Morgan fingerprint density at radius 3 is 2.90 bits per heavy atom. The summed E-state index contributed by atoms with van der Waals surface area (Å²) in [5.74, 6) is -0.444.